The molecule has 2 atom stereocenters. The van der Waals surface area contributed by atoms with E-state index in [-0.39, 0.29) is 12.2 Å². The van der Waals surface area contributed by atoms with Gasteiger partial charge in [-0.05, 0) is 84.0 Å². The molecular weight excluding hydrogens is 552 g/mol. The van der Waals surface area contributed by atoms with Gasteiger partial charge in [-0.2, -0.15) is 0 Å². The zero-order valence-corrected chi connectivity index (χ0v) is 27.1. The Hall–Kier alpha value is -4.58. The highest BCUT2D eigenvalue weighted by Gasteiger charge is 2.17. The van der Waals surface area contributed by atoms with Crippen LogP contribution in [0.15, 0.2) is 60.7 Å². The molecule has 232 valence electrons. The Morgan fingerprint density at radius 1 is 0.545 bits per heavy atom. The minimum absolute atomic E-state index is 0.0413. The molecule has 0 N–H and O–H groups in total. The minimum Gasteiger partial charge on any atom is -0.493 e. The molecule has 0 aliphatic carbocycles. The Balaban J connectivity index is 1.72. The highest BCUT2D eigenvalue weighted by Crippen LogP contribution is 2.41. The number of hydrogen-bond acceptors (Lipinski definition) is 6. The summed E-state index contributed by atoms with van der Waals surface area (Å²) < 4.78 is 35.0. The van der Waals surface area contributed by atoms with Gasteiger partial charge in [0.05, 0.1) is 40.6 Å². The van der Waals surface area contributed by atoms with E-state index in [0.29, 0.717) is 34.5 Å². The van der Waals surface area contributed by atoms with Gasteiger partial charge in [-0.15, -0.1) is 0 Å². The van der Waals surface area contributed by atoms with Crippen LogP contribution in [0.2, 0.25) is 0 Å². The second-order valence-electron chi connectivity index (χ2n) is 10.6. The van der Waals surface area contributed by atoms with E-state index in [9.17, 15) is 0 Å². The summed E-state index contributed by atoms with van der Waals surface area (Å²) in [6, 6.07) is 20.5. The molecule has 4 aromatic rings. The van der Waals surface area contributed by atoms with E-state index in [1.165, 1.54) is 0 Å². The van der Waals surface area contributed by atoms with Crippen LogP contribution in [-0.4, -0.2) is 40.6 Å². The summed E-state index contributed by atoms with van der Waals surface area (Å²) in [5, 5.41) is 2.29. The molecule has 0 aromatic heterocycles. The molecule has 0 aliphatic rings. The Labute approximate surface area is 261 Å². The van der Waals surface area contributed by atoms with Gasteiger partial charge in [-0.25, -0.2) is 0 Å². The number of benzene rings is 4. The molecule has 6 nitrogen and oxygen atoms in total. The third-order valence-corrected chi connectivity index (χ3v) is 7.63. The Morgan fingerprint density at radius 3 is 1.23 bits per heavy atom. The zero-order chi connectivity index (χ0) is 31.6. The second-order valence-corrected chi connectivity index (χ2v) is 10.6. The molecule has 0 spiro atoms. The lowest BCUT2D eigenvalue weighted by molar-refractivity contribution is 0.198. The largest absolute Gasteiger partial charge is 0.493 e. The quantitative estimate of drug-likeness (QED) is 0.135. The first-order chi connectivity index (χ1) is 21.3. The highest BCUT2D eigenvalue weighted by molar-refractivity contribution is 6.00. The van der Waals surface area contributed by atoms with Gasteiger partial charge in [0.15, 0.2) is 23.0 Å². The van der Waals surface area contributed by atoms with Gasteiger partial charge in [-0.3, -0.25) is 0 Å². The van der Waals surface area contributed by atoms with Gasteiger partial charge < -0.3 is 28.4 Å². The van der Waals surface area contributed by atoms with Gasteiger partial charge in [0, 0.05) is 0 Å². The average Bonchev–Trinajstić information content (AvgIpc) is 3.06. The van der Waals surface area contributed by atoms with E-state index in [1.807, 2.05) is 38.1 Å². The van der Waals surface area contributed by atoms with Gasteiger partial charge in [0.1, 0.15) is 0 Å². The van der Waals surface area contributed by atoms with E-state index in [0.717, 1.165) is 45.9 Å². The SMILES string of the molecule is CCC(C)Oc1c(OC)cc(C=Cc2cccc3cccc(C=Cc4cc(OC)c(OC(C)CC)c(OC)c4)c23)cc1OC. The molecule has 0 fully saturated rings. The van der Waals surface area contributed by atoms with Gasteiger partial charge in [-0.1, -0.05) is 74.5 Å². The van der Waals surface area contributed by atoms with Crippen molar-refractivity contribution in [2.75, 3.05) is 28.4 Å². The van der Waals surface area contributed by atoms with E-state index < -0.39 is 0 Å². The molecule has 0 bridgehead atoms. The van der Waals surface area contributed by atoms with Crippen LogP contribution in [0, 0.1) is 0 Å². The van der Waals surface area contributed by atoms with E-state index in [1.54, 1.807) is 28.4 Å². The molecule has 0 amide bonds. The zero-order valence-electron chi connectivity index (χ0n) is 27.1. The summed E-state index contributed by atoms with van der Waals surface area (Å²) in [6.07, 6.45) is 10.2. The third-order valence-electron chi connectivity index (χ3n) is 7.63. The monoisotopic (exact) mass is 596 g/mol. The van der Waals surface area contributed by atoms with Gasteiger partial charge in [0.25, 0.3) is 0 Å². The Bertz CT molecular complexity index is 1450. The van der Waals surface area contributed by atoms with E-state index in [4.69, 9.17) is 28.4 Å². The van der Waals surface area contributed by atoms with E-state index in [2.05, 4.69) is 74.5 Å². The van der Waals surface area contributed by atoms with Crippen molar-refractivity contribution >= 4 is 35.1 Å². The van der Waals surface area contributed by atoms with Crippen LogP contribution in [0.1, 0.15) is 62.8 Å². The maximum atomic E-state index is 6.12. The fraction of sp³-hybridized carbons (Fsp3) is 0.316. The first-order valence-corrected chi connectivity index (χ1v) is 15.1. The van der Waals surface area contributed by atoms with Crippen molar-refractivity contribution in [1.29, 1.82) is 0 Å². The topological polar surface area (TPSA) is 55.4 Å². The molecule has 2 unspecified atom stereocenters. The van der Waals surface area contributed by atoms with Crippen LogP contribution in [0.3, 0.4) is 0 Å². The lowest BCUT2D eigenvalue weighted by Crippen LogP contribution is -2.11. The van der Waals surface area contributed by atoms with Crippen molar-refractivity contribution in [2.24, 2.45) is 0 Å². The van der Waals surface area contributed by atoms with Crippen LogP contribution >= 0.6 is 0 Å². The molecule has 6 heteroatoms. The van der Waals surface area contributed by atoms with Gasteiger partial charge >= 0.3 is 0 Å². The smallest absolute Gasteiger partial charge is 0.203 e. The lowest BCUT2D eigenvalue weighted by atomic mass is 9.97. The minimum atomic E-state index is 0.0413. The number of methoxy groups -OCH3 is 4. The molecule has 44 heavy (non-hydrogen) atoms. The molecule has 4 aromatic carbocycles. The van der Waals surface area contributed by atoms with Gasteiger partial charge in [0.2, 0.25) is 11.5 Å². The molecule has 4 rings (SSSR count). The standard InChI is InChI=1S/C38H44O6/c1-9-25(3)43-37-32(39-5)21-27(22-33(37)40-6)17-19-30-15-11-13-29-14-12-16-31(36(29)30)20-18-28-23-34(41-7)38(35(24-28)42-8)44-26(4)10-2/h11-26H,9-10H2,1-8H3. The van der Waals surface area contributed by atoms with Crippen molar-refractivity contribution in [3.63, 3.8) is 0 Å². The molecule has 0 saturated carbocycles. The number of hydrogen-bond donors (Lipinski definition) is 0. The highest BCUT2D eigenvalue weighted by atomic mass is 16.5. The molecule has 0 aliphatic heterocycles. The number of ether oxygens (including phenoxy) is 6. The van der Waals surface area contributed by atoms with Crippen LogP contribution in [0.4, 0.5) is 0 Å². The third kappa shape index (κ3) is 7.49. The summed E-state index contributed by atoms with van der Waals surface area (Å²) in [7, 11) is 6.58. The predicted molar refractivity (Wildman–Crippen MR) is 182 cm³/mol. The van der Waals surface area contributed by atoms with Crippen molar-refractivity contribution in [3.8, 4) is 34.5 Å². The Morgan fingerprint density at radius 2 is 0.909 bits per heavy atom. The lowest BCUT2D eigenvalue weighted by Gasteiger charge is -2.19. The van der Waals surface area contributed by atoms with Crippen LogP contribution in [-0.2, 0) is 0 Å². The van der Waals surface area contributed by atoms with Crippen LogP contribution in [0.5, 0.6) is 34.5 Å². The van der Waals surface area contributed by atoms with Crippen LogP contribution in [0.25, 0.3) is 35.1 Å². The average molecular weight is 597 g/mol. The number of rotatable bonds is 14. The summed E-state index contributed by atoms with van der Waals surface area (Å²) >= 11 is 0. The summed E-state index contributed by atoms with van der Waals surface area (Å²) in [4.78, 5) is 0. The molecular formula is C38H44O6. The maximum Gasteiger partial charge on any atom is 0.203 e. The summed E-state index contributed by atoms with van der Waals surface area (Å²) in [6.45, 7) is 8.23. The second kappa shape index (κ2) is 15.2. The molecule has 0 radical (unpaired) electrons. The van der Waals surface area contributed by atoms with Crippen molar-refractivity contribution in [2.45, 2.75) is 52.7 Å². The molecule has 0 heterocycles. The first-order valence-electron chi connectivity index (χ1n) is 15.1. The predicted octanol–water partition coefficient (Wildman–Crippen LogP) is 9.57. The summed E-state index contributed by atoms with van der Waals surface area (Å²) in [5.41, 5.74) is 4.07. The van der Waals surface area contributed by atoms with Crippen molar-refractivity contribution < 1.29 is 28.4 Å². The maximum absolute atomic E-state index is 6.12. The normalized spacial score (nSPS) is 12.8. The Kier molecular flexibility index (Phi) is 11.2. The first kappa shape index (κ1) is 32.3. The fourth-order valence-electron chi connectivity index (χ4n) is 4.84. The van der Waals surface area contributed by atoms with E-state index >= 15 is 0 Å². The van der Waals surface area contributed by atoms with Crippen molar-refractivity contribution in [1.82, 2.24) is 0 Å². The van der Waals surface area contributed by atoms with Crippen LogP contribution < -0.4 is 28.4 Å². The fourth-order valence-corrected chi connectivity index (χ4v) is 4.84. The molecule has 0 saturated heterocycles. The van der Waals surface area contributed by atoms with Crippen molar-refractivity contribution in [3.05, 3.63) is 82.9 Å². The number of fused-ring (bicyclic) bond motifs is 1. The summed E-state index contributed by atoms with van der Waals surface area (Å²) in [5.74, 6) is 3.78.